The molecule has 0 radical (unpaired) electrons. The molecule has 0 unspecified atom stereocenters. The van der Waals surface area contributed by atoms with E-state index in [1.807, 2.05) is 0 Å². The number of hydrogen-bond donors (Lipinski definition) is 4. The molecule has 0 saturated heterocycles. The lowest BCUT2D eigenvalue weighted by atomic mass is 10.1. The van der Waals surface area contributed by atoms with Crippen LogP contribution in [0.25, 0.3) is 6.08 Å². The van der Waals surface area contributed by atoms with Gasteiger partial charge >= 0.3 is 5.97 Å². The fourth-order valence-electron chi connectivity index (χ4n) is 1.07. The van der Waals surface area contributed by atoms with E-state index in [-0.39, 0.29) is 36.0 Å². The minimum Gasteiger partial charge on any atom is -1.00 e. The van der Waals surface area contributed by atoms with Crippen molar-refractivity contribution in [1.29, 1.82) is 0 Å². The third-order valence-corrected chi connectivity index (χ3v) is 1.88. The van der Waals surface area contributed by atoms with Gasteiger partial charge in [-0.1, -0.05) is 6.07 Å². The van der Waals surface area contributed by atoms with Gasteiger partial charge in [0.05, 0.1) is 5.57 Å². The van der Waals surface area contributed by atoms with Crippen molar-refractivity contribution in [3.8, 4) is 11.5 Å². The molecule has 0 bridgehead atoms. The standard InChI is InChI=1S/C10H11NO4.ClH/c11-5-7(10(14)15)3-6-1-2-8(12)9(13)4-6;/h1-4,12-13H,5,11H2,(H,14,15);1H/b7-3+;. The van der Waals surface area contributed by atoms with Crippen LogP contribution in [-0.2, 0) is 4.79 Å². The molecule has 0 aromatic heterocycles. The average molecular weight is 246 g/mol. The normalized spacial score (nSPS) is 10.7. The van der Waals surface area contributed by atoms with Crippen LogP contribution in [0.4, 0.5) is 0 Å². The van der Waals surface area contributed by atoms with Crippen LogP contribution in [0.15, 0.2) is 23.8 Å². The first-order valence-corrected chi connectivity index (χ1v) is 4.29. The average Bonchev–Trinajstić information content (AvgIpc) is 2.19. The highest BCUT2D eigenvalue weighted by atomic mass is 35.5. The van der Waals surface area contributed by atoms with Gasteiger partial charge in [0.1, 0.15) is 6.54 Å². The number of hydrogen-bond acceptors (Lipinski definition) is 3. The van der Waals surface area contributed by atoms with E-state index in [4.69, 9.17) is 10.2 Å². The lowest BCUT2D eigenvalue weighted by molar-refractivity contribution is -0.355. The van der Waals surface area contributed by atoms with E-state index < -0.39 is 5.97 Å². The van der Waals surface area contributed by atoms with Crippen LogP contribution in [-0.4, -0.2) is 27.8 Å². The Labute approximate surface area is 98.2 Å². The second-order valence-electron chi connectivity index (χ2n) is 2.97. The summed E-state index contributed by atoms with van der Waals surface area (Å²) in [6.45, 7) is 0.150. The van der Waals surface area contributed by atoms with E-state index in [0.717, 1.165) is 0 Å². The van der Waals surface area contributed by atoms with Gasteiger partial charge in [-0.05, 0) is 23.8 Å². The molecule has 16 heavy (non-hydrogen) atoms. The molecule has 0 saturated carbocycles. The number of carbonyl (C=O) groups is 1. The molecule has 0 heterocycles. The van der Waals surface area contributed by atoms with Gasteiger partial charge < -0.3 is 33.5 Å². The second-order valence-corrected chi connectivity index (χ2v) is 2.97. The molecule has 5 nitrogen and oxygen atoms in total. The Morgan fingerprint density at radius 2 is 1.94 bits per heavy atom. The zero-order valence-corrected chi connectivity index (χ0v) is 9.11. The summed E-state index contributed by atoms with van der Waals surface area (Å²) in [6.07, 6.45) is 1.40. The van der Waals surface area contributed by atoms with Gasteiger partial charge in [-0.2, -0.15) is 0 Å². The molecule has 1 aromatic rings. The van der Waals surface area contributed by atoms with Crippen LogP contribution >= 0.6 is 0 Å². The number of phenolic OH excluding ortho intramolecular Hbond substituents is 2. The summed E-state index contributed by atoms with van der Waals surface area (Å²) in [4.78, 5) is 10.7. The van der Waals surface area contributed by atoms with E-state index in [1.54, 1.807) is 0 Å². The Morgan fingerprint density at radius 3 is 2.38 bits per heavy atom. The summed E-state index contributed by atoms with van der Waals surface area (Å²) < 4.78 is 0. The number of benzene rings is 1. The molecule has 0 amide bonds. The van der Waals surface area contributed by atoms with Crippen LogP contribution < -0.4 is 18.1 Å². The number of aliphatic carboxylic acids is 1. The molecule has 6 heteroatoms. The maximum atomic E-state index is 10.7. The maximum absolute atomic E-state index is 10.7. The van der Waals surface area contributed by atoms with Gasteiger partial charge in [-0.3, -0.25) is 0 Å². The van der Waals surface area contributed by atoms with E-state index in [9.17, 15) is 9.90 Å². The van der Waals surface area contributed by atoms with Crippen molar-refractivity contribution < 1.29 is 38.3 Å². The molecule has 0 aliphatic carbocycles. The number of phenols is 2. The molecule has 0 atom stereocenters. The lowest BCUT2D eigenvalue weighted by Crippen LogP contribution is -3.00. The Bertz CT molecular complexity index is 417. The molecule has 1 aromatic carbocycles. The maximum Gasteiger partial charge on any atom is 0.337 e. The molecule has 88 valence electrons. The Kier molecular flexibility index (Phi) is 5.35. The number of quaternary nitrogens is 1. The number of halogens is 1. The van der Waals surface area contributed by atoms with Crippen LogP contribution in [0.5, 0.6) is 11.5 Å². The minimum absolute atomic E-state index is 0. The molecule has 6 N–H and O–H groups in total. The van der Waals surface area contributed by atoms with Crippen LogP contribution in [0.3, 0.4) is 0 Å². The Hall–Kier alpha value is -1.72. The summed E-state index contributed by atoms with van der Waals surface area (Å²) in [6, 6.07) is 4.09. The molecular formula is C10H12ClNO4. The molecule has 1 rings (SSSR count). The van der Waals surface area contributed by atoms with E-state index in [2.05, 4.69) is 5.73 Å². The quantitative estimate of drug-likeness (QED) is 0.333. The van der Waals surface area contributed by atoms with Crippen molar-refractivity contribution in [3.63, 3.8) is 0 Å². The topological polar surface area (TPSA) is 105 Å². The summed E-state index contributed by atoms with van der Waals surface area (Å²) in [5.41, 5.74) is 4.13. The van der Waals surface area contributed by atoms with Gasteiger partial charge in [0.2, 0.25) is 0 Å². The van der Waals surface area contributed by atoms with Crippen molar-refractivity contribution >= 4 is 12.0 Å². The fourth-order valence-corrected chi connectivity index (χ4v) is 1.07. The summed E-state index contributed by atoms with van der Waals surface area (Å²) in [7, 11) is 0. The molecular weight excluding hydrogens is 234 g/mol. The zero-order valence-electron chi connectivity index (χ0n) is 8.35. The SMILES string of the molecule is [Cl-].[NH3+]C/C(=C\c1ccc(O)c(O)c1)C(=O)O. The predicted octanol–water partition coefficient (Wildman–Crippen LogP) is -3.19. The summed E-state index contributed by atoms with van der Waals surface area (Å²) in [5, 5.41) is 27.0. The number of carboxylic acids is 1. The van der Waals surface area contributed by atoms with Gasteiger partial charge in [0.25, 0.3) is 0 Å². The molecule has 0 fully saturated rings. The van der Waals surface area contributed by atoms with E-state index in [0.29, 0.717) is 5.56 Å². The van der Waals surface area contributed by atoms with Crippen molar-refractivity contribution in [2.24, 2.45) is 0 Å². The number of rotatable bonds is 3. The highest BCUT2D eigenvalue weighted by molar-refractivity contribution is 5.92. The highest BCUT2D eigenvalue weighted by Gasteiger charge is 2.07. The third-order valence-electron chi connectivity index (χ3n) is 1.88. The predicted molar refractivity (Wildman–Crippen MR) is 53.1 cm³/mol. The second kappa shape index (κ2) is 5.99. The van der Waals surface area contributed by atoms with Crippen LogP contribution in [0, 0.1) is 0 Å². The van der Waals surface area contributed by atoms with Crippen molar-refractivity contribution in [1.82, 2.24) is 0 Å². The monoisotopic (exact) mass is 245 g/mol. The van der Waals surface area contributed by atoms with Crippen molar-refractivity contribution in [2.75, 3.05) is 6.54 Å². The molecule has 0 aliphatic heterocycles. The van der Waals surface area contributed by atoms with Crippen LogP contribution in [0.1, 0.15) is 5.56 Å². The first-order valence-electron chi connectivity index (χ1n) is 4.29. The van der Waals surface area contributed by atoms with Crippen molar-refractivity contribution in [2.45, 2.75) is 0 Å². The van der Waals surface area contributed by atoms with Gasteiger partial charge in [0, 0.05) is 0 Å². The van der Waals surface area contributed by atoms with Crippen LogP contribution in [0.2, 0.25) is 0 Å². The highest BCUT2D eigenvalue weighted by Crippen LogP contribution is 2.25. The van der Waals surface area contributed by atoms with Crippen molar-refractivity contribution in [3.05, 3.63) is 29.3 Å². The fraction of sp³-hybridized carbons (Fsp3) is 0.100. The third kappa shape index (κ3) is 3.45. The summed E-state index contributed by atoms with van der Waals surface area (Å²) >= 11 is 0. The Morgan fingerprint density at radius 1 is 1.31 bits per heavy atom. The van der Waals surface area contributed by atoms with E-state index in [1.165, 1.54) is 24.3 Å². The minimum atomic E-state index is -1.04. The largest absolute Gasteiger partial charge is 1.00 e. The first kappa shape index (κ1) is 14.3. The number of carboxylic acid groups (broad SMARTS) is 1. The Balaban J connectivity index is 0.00000225. The summed E-state index contributed by atoms with van der Waals surface area (Å²) in [5.74, 6) is -1.56. The first-order chi connectivity index (χ1) is 7.04. The molecule has 0 aliphatic rings. The molecule has 0 spiro atoms. The smallest absolute Gasteiger partial charge is 0.337 e. The van der Waals surface area contributed by atoms with Gasteiger partial charge in [-0.25, -0.2) is 4.79 Å². The number of aromatic hydroxyl groups is 2. The van der Waals surface area contributed by atoms with E-state index >= 15 is 0 Å². The van der Waals surface area contributed by atoms with Gasteiger partial charge in [-0.15, -0.1) is 0 Å². The van der Waals surface area contributed by atoms with Gasteiger partial charge in [0.15, 0.2) is 11.5 Å². The lowest BCUT2D eigenvalue weighted by Gasteiger charge is -2.00. The zero-order chi connectivity index (χ0) is 11.4.